The molecule has 0 unspecified atom stereocenters. The van der Waals surface area contributed by atoms with Crippen molar-refractivity contribution in [2.45, 2.75) is 64.6 Å². The fourth-order valence-electron chi connectivity index (χ4n) is 1.25. The third-order valence-corrected chi connectivity index (χ3v) is 6.80. The van der Waals surface area contributed by atoms with Crippen LogP contribution in [0.2, 0.25) is 18.1 Å². The molecule has 0 bridgehead atoms. The van der Waals surface area contributed by atoms with Crippen LogP contribution in [0.4, 0.5) is 0 Å². The molecule has 0 aliphatic heterocycles. The van der Waals surface area contributed by atoms with Crippen LogP contribution in [0, 0.1) is 0 Å². The van der Waals surface area contributed by atoms with Gasteiger partial charge in [0.15, 0.2) is 8.32 Å². The van der Waals surface area contributed by atoms with Gasteiger partial charge in [-0.15, -0.1) is 0 Å². The van der Waals surface area contributed by atoms with Gasteiger partial charge in [-0.2, -0.15) is 0 Å². The Hall–Kier alpha value is -0.153. The molecule has 3 heteroatoms. The lowest BCUT2D eigenvalue weighted by Gasteiger charge is -2.35. The molecule has 0 aromatic carbocycles. The zero-order chi connectivity index (χ0) is 11.4. The zero-order valence-corrected chi connectivity index (χ0v) is 11.2. The topological polar surface area (TPSA) is 37.3 Å². The van der Waals surface area contributed by atoms with Crippen molar-refractivity contribution >= 4 is 14.1 Å². The molecule has 0 aromatic rings. The van der Waals surface area contributed by atoms with Crippen molar-refractivity contribution < 1.29 is 9.59 Å². The molecule has 84 valence electrons. The number of hydrogen-bond donors (Lipinski definition) is 1. The summed E-state index contributed by atoms with van der Waals surface area (Å²) >= 11 is 0. The first-order chi connectivity index (χ1) is 6.17. The Morgan fingerprint density at radius 2 is 1.79 bits per heavy atom. The maximum atomic E-state index is 10.7. The van der Waals surface area contributed by atoms with E-state index in [4.69, 9.17) is 0 Å². The summed E-state index contributed by atoms with van der Waals surface area (Å²) in [6.45, 7) is 9.87. The summed E-state index contributed by atoms with van der Waals surface area (Å²) in [5.41, 5.74) is 0. The first-order valence-electron chi connectivity index (χ1n) is 5.38. The predicted octanol–water partition coefficient (Wildman–Crippen LogP) is 3.11. The van der Waals surface area contributed by atoms with Crippen LogP contribution in [0.25, 0.3) is 0 Å². The summed E-state index contributed by atoms with van der Waals surface area (Å²) < 4.78 is 0. The van der Waals surface area contributed by atoms with E-state index in [1.807, 2.05) is 13.1 Å². The Bertz CT molecular complexity index is 192. The van der Waals surface area contributed by atoms with Crippen LogP contribution >= 0.6 is 0 Å². The Kier molecular flexibility index (Phi) is 5.02. The molecule has 0 fully saturated rings. The second-order valence-corrected chi connectivity index (χ2v) is 9.82. The molecule has 0 aromatic heterocycles. The number of hydrogen-bond acceptors (Lipinski definition) is 2. The fraction of sp³-hybridized carbons (Fsp3) is 0.909. The molecule has 1 N–H and O–H groups in total. The number of Topliss-reactive ketones (excluding diaryl/α,β-unsaturated/α-hetero) is 1. The number of carbonyl (C=O) groups excluding carboxylic acids is 1. The Labute approximate surface area is 88.8 Å². The smallest absolute Gasteiger partial charge is 0.188 e. The van der Waals surface area contributed by atoms with Crippen LogP contribution in [-0.2, 0) is 4.79 Å². The third kappa shape index (κ3) is 4.91. The molecule has 0 amide bonds. The fourth-order valence-corrected chi connectivity index (χ4v) is 2.04. The molecule has 0 atom stereocenters. The van der Waals surface area contributed by atoms with Gasteiger partial charge >= 0.3 is 0 Å². The lowest BCUT2D eigenvalue weighted by Crippen LogP contribution is -2.38. The van der Waals surface area contributed by atoms with E-state index in [0.717, 1.165) is 19.3 Å². The molecule has 0 radical (unpaired) electrons. The number of ketones is 1. The molecule has 0 aliphatic rings. The maximum absolute atomic E-state index is 10.7. The van der Waals surface area contributed by atoms with Gasteiger partial charge in [-0.25, -0.2) is 0 Å². The van der Waals surface area contributed by atoms with Gasteiger partial charge in [-0.1, -0.05) is 20.3 Å². The average Bonchev–Trinajstić information content (AvgIpc) is 1.95. The summed E-state index contributed by atoms with van der Waals surface area (Å²) in [7, 11) is -2.05. The minimum absolute atomic E-state index is 0.0593. The normalized spacial score (nSPS) is 13.0. The largest absolute Gasteiger partial charge is 0.432 e. The standard InChI is InChI=1S/C11H24O2Si/c1-10(12)8-6-7-9-11(2,3)14(4,5)13/h13H,6-9H2,1-5H3. The van der Waals surface area contributed by atoms with E-state index >= 15 is 0 Å². The van der Waals surface area contributed by atoms with Crippen LogP contribution in [0.5, 0.6) is 0 Å². The van der Waals surface area contributed by atoms with E-state index in [2.05, 4.69) is 13.8 Å². The lowest BCUT2D eigenvalue weighted by atomic mass is 10.0. The molecule has 0 spiro atoms. The number of rotatable bonds is 6. The molecule has 0 aliphatic carbocycles. The number of carbonyl (C=O) groups is 1. The Morgan fingerprint density at radius 3 is 2.14 bits per heavy atom. The molecular weight excluding hydrogens is 192 g/mol. The highest BCUT2D eigenvalue weighted by Gasteiger charge is 2.37. The first kappa shape index (κ1) is 13.8. The first-order valence-corrected chi connectivity index (χ1v) is 8.33. The zero-order valence-electron chi connectivity index (χ0n) is 10.2. The van der Waals surface area contributed by atoms with Gasteiger partial charge in [0, 0.05) is 6.42 Å². The summed E-state index contributed by atoms with van der Waals surface area (Å²) in [4.78, 5) is 20.8. The minimum Gasteiger partial charge on any atom is -0.432 e. The van der Waals surface area contributed by atoms with Gasteiger partial charge in [-0.3, -0.25) is 0 Å². The monoisotopic (exact) mass is 216 g/mol. The predicted molar refractivity (Wildman–Crippen MR) is 62.9 cm³/mol. The van der Waals surface area contributed by atoms with Gasteiger partial charge in [-0.05, 0) is 37.9 Å². The van der Waals surface area contributed by atoms with Crippen molar-refractivity contribution in [3.05, 3.63) is 0 Å². The van der Waals surface area contributed by atoms with Gasteiger partial charge in [0.2, 0.25) is 0 Å². The summed E-state index contributed by atoms with van der Waals surface area (Å²) in [5, 5.41) is 0.0593. The third-order valence-electron chi connectivity index (χ3n) is 3.24. The highest BCUT2D eigenvalue weighted by Crippen LogP contribution is 2.40. The second kappa shape index (κ2) is 5.08. The quantitative estimate of drug-likeness (QED) is 0.547. The summed E-state index contributed by atoms with van der Waals surface area (Å²) in [6, 6.07) is 0. The summed E-state index contributed by atoms with van der Waals surface area (Å²) in [6.07, 6.45) is 3.71. The van der Waals surface area contributed by atoms with Gasteiger partial charge < -0.3 is 9.59 Å². The number of unbranched alkanes of at least 4 members (excludes halogenated alkanes) is 1. The van der Waals surface area contributed by atoms with E-state index in [1.54, 1.807) is 6.92 Å². The van der Waals surface area contributed by atoms with Gasteiger partial charge in [0.1, 0.15) is 5.78 Å². The Morgan fingerprint density at radius 1 is 1.29 bits per heavy atom. The van der Waals surface area contributed by atoms with E-state index in [9.17, 15) is 9.59 Å². The maximum Gasteiger partial charge on any atom is 0.188 e. The van der Waals surface area contributed by atoms with Crippen molar-refractivity contribution in [1.29, 1.82) is 0 Å². The molecule has 0 rings (SSSR count). The molecule has 14 heavy (non-hydrogen) atoms. The van der Waals surface area contributed by atoms with Crippen molar-refractivity contribution in [3.8, 4) is 0 Å². The van der Waals surface area contributed by atoms with Crippen LogP contribution in [0.3, 0.4) is 0 Å². The van der Waals surface area contributed by atoms with Gasteiger partial charge in [0.05, 0.1) is 0 Å². The van der Waals surface area contributed by atoms with Gasteiger partial charge in [0.25, 0.3) is 0 Å². The average molecular weight is 216 g/mol. The lowest BCUT2D eigenvalue weighted by molar-refractivity contribution is -0.117. The molecule has 2 nitrogen and oxygen atoms in total. The van der Waals surface area contributed by atoms with E-state index in [0.29, 0.717) is 6.42 Å². The Balaban J connectivity index is 3.83. The van der Waals surface area contributed by atoms with Crippen LogP contribution < -0.4 is 0 Å². The molecule has 0 saturated carbocycles. The second-order valence-electron chi connectivity index (χ2n) is 5.35. The van der Waals surface area contributed by atoms with Crippen LogP contribution in [0.15, 0.2) is 0 Å². The van der Waals surface area contributed by atoms with Crippen molar-refractivity contribution in [3.63, 3.8) is 0 Å². The van der Waals surface area contributed by atoms with Crippen molar-refractivity contribution in [2.24, 2.45) is 0 Å². The van der Waals surface area contributed by atoms with E-state index in [1.165, 1.54) is 0 Å². The van der Waals surface area contributed by atoms with E-state index < -0.39 is 8.32 Å². The van der Waals surface area contributed by atoms with Crippen LogP contribution in [0.1, 0.15) is 46.5 Å². The van der Waals surface area contributed by atoms with Crippen molar-refractivity contribution in [2.75, 3.05) is 0 Å². The highest BCUT2D eigenvalue weighted by molar-refractivity contribution is 6.72. The molecular formula is C11H24O2Si. The molecule has 0 saturated heterocycles. The van der Waals surface area contributed by atoms with Crippen molar-refractivity contribution in [1.82, 2.24) is 0 Å². The minimum atomic E-state index is -2.05. The summed E-state index contributed by atoms with van der Waals surface area (Å²) in [5.74, 6) is 0.267. The van der Waals surface area contributed by atoms with Crippen LogP contribution in [-0.4, -0.2) is 18.9 Å². The van der Waals surface area contributed by atoms with E-state index in [-0.39, 0.29) is 10.8 Å². The molecule has 0 heterocycles. The SMILES string of the molecule is CC(=O)CCCCC(C)(C)[Si](C)(C)O. The highest BCUT2D eigenvalue weighted by atomic mass is 28.4.